The van der Waals surface area contributed by atoms with Crippen LogP contribution in [0.4, 0.5) is 0 Å². The normalized spacial score (nSPS) is 10.6. The number of fused-ring (bicyclic) bond motifs is 1. The van der Waals surface area contributed by atoms with E-state index in [9.17, 15) is 5.11 Å². The lowest BCUT2D eigenvalue weighted by Gasteiger charge is -2.10. The minimum absolute atomic E-state index is 0.173. The van der Waals surface area contributed by atoms with E-state index in [0.717, 1.165) is 16.3 Å². The smallest absolute Gasteiger partial charge is 0.188 e. The van der Waals surface area contributed by atoms with Crippen molar-refractivity contribution in [1.82, 2.24) is 0 Å². The molecule has 0 aliphatic carbocycles. The minimum Gasteiger partial charge on any atom is -0.507 e. The van der Waals surface area contributed by atoms with Crippen LogP contribution in [-0.2, 0) is 4.74 Å². The summed E-state index contributed by atoms with van der Waals surface area (Å²) in [6, 6.07) is 9.39. The zero-order valence-electron chi connectivity index (χ0n) is 9.36. The van der Waals surface area contributed by atoms with E-state index in [4.69, 9.17) is 9.47 Å². The molecule has 0 amide bonds. The van der Waals surface area contributed by atoms with E-state index in [0.29, 0.717) is 5.75 Å². The summed E-state index contributed by atoms with van der Waals surface area (Å²) in [5.74, 6) is 0.874. The van der Waals surface area contributed by atoms with Crippen LogP contribution in [0.5, 0.6) is 11.5 Å². The number of benzene rings is 2. The van der Waals surface area contributed by atoms with Gasteiger partial charge in [-0.25, -0.2) is 0 Å². The maximum atomic E-state index is 9.91. The van der Waals surface area contributed by atoms with Gasteiger partial charge in [-0.05, 0) is 30.0 Å². The van der Waals surface area contributed by atoms with E-state index in [1.54, 1.807) is 13.2 Å². The topological polar surface area (TPSA) is 38.7 Å². The zero-order chi connectivity index (χ0) is 11.5. The van der Waals surface area contributed by atoms with Crippen LogP contribution in [0.15, 0.2) is 30.3 Å². The van der Waals surface area contributed by atoms with Gasteiger partial charge >= 0.3 is 0 Å². The van der Waals surface area contributed by atoms with E-state index < -0.39 is 0 Å². The Hall–Kier alpha value is -1.74. The van der Waals surface area contributed by atoms with Gasteiger partial charge < -0.3 is 14.6 Å². The first-order valence-electron chi connectivity index (χ1n) is 5.06. The highest BCUT2D eigenvalue weighted by Gasteiger charge is 2.07. The summed E-state index contributed by atoms with van der Waals surface area (Å²) >= 11 is 0. The number of phenolic OH excluding ortho intramolecular Hbond substituents is 1. The summed E-state index contributed by atoms with van der Waals surface area (Å²) in [6.45, 7) is 2.12. The minimum atomic E-state index is 0.173. The van der Waals surface area contributed by atoms with Crippen LogP contribution in [0, 0.1) is 6.92 Å². The summed E-state index contributed by atoms with van der Waals surface area (Å²) in [4.78, 5) is 0. The molecule has 0 spiro atoms. The average Bonchev–Trinajstić information content (AvgIpc) is 2.25. The van der Waals surface area contributed by atoms with Crippen molar-refractivity contribution in [1.29, 1.82) is 0 Å². The highest BCUT2D eigenvalue weighted by atomic mass is 16.7. The monoisotopic (exact) mass is 218 g/mol. The standard InChI is InChI=1S/C13H14O3/c1-9-6-10-4-3-5-12(16-8-15-2)13(10)11(14)7-9/h3-7,14H,8H2,1-2H3. The molecule has 1 N–H and O–H groups in total. The van der Waals surface area contributed by atoms with Gasteiger partial charge in [-0.3, -0.25) is 0 Å². The number of aryl methyl sites for hydroxylation is 1. The summed E-state index contributed by atoms with van der Waals surface area (Å²) in [7, 11) is 1.56. The number of hydrogen-bond donors (Lipinski definition) is 1. The van der Waals surface area contributed by atoms with E-state index in [1.165, 1.54) is 0 Å². The number of methoxy groups -OCH3 is 1. The largest absolute Gasteiger partial charge is 0.507 e. The summed E-state index contributed by atoms with van der Waals surface area (Å²) < 4.78 is 10.3. The molecule has 84 valence electrons. The molecule has 3 nitrogen and oxygen atoms in total. The van der Waals surface area contributed by atoms with Gasteiger partial charge in [0.05, 0.1) is 5.39 Å². The predicted molar refractivity (Wildman–Crippen MR) is 62.9 cm³/mol. The second kappa shape index (κ2) is 4.41. The van der Waals surface area contributed by atoms with Gasteiger partial charge in [0.1, 0.15) is 11.5 Å². The molecule has 2 aromatic carbocycles. The quantitative estimate of drug-likeness (QED) is 0.805. The van der Waals surface area contributed by atoms with Crippen LogP contribution >= 0.6 is 0 Å². The molecule has 2 rings (SSSR count). The molecule has 0 atom stereocenters. The molecule has 16 heavy (non-hydrogen) atoms. The fraction of sp³-hybridized carbons (Fsp3) is 0.231. The van der Waals surface area contributed by atoms with Gasteiger partial charge in [-0.1, -0.05) is 18.2 Å². The Morgan fingerprint density at radius 2 is 2.06 bits per heavy atom. The van der Waals surface area contributed by atoms with Crippen molar-refractivity contribution in [3.8, 4) is 11.5 Å². The third-order valence-corrected chi connectivity index (χ3v) is 2.39. The molecular formula is C13H14O3. The number of ether oxygens (including phenoxy) is 2. The van der Waals surface area contributed by atoms with Crippen molar-refractivity contribution in [3.05, 3.63) is 35.9 Å². The van der Waals surface area contributed by atoms with Crippen LogP contribution in [0.25, 0.3) is 10.8 Å². The van der Waals surface area contributed by atoms with E-state index in [2.05, 4.69) is 0 Å². The number of phenols is 1. The molecule has 0 heterocycles. The van der Waals surface area contributed by atoms with Gasteiger partial charge in [0.2, 0.25) is 0 Å². The van der Waals surface area contributed by atoms with Crippen LogP contribution in [0.3, 0.4) is 0 Å². The molecule has 0 saturated heterocycles. The molecule has 0 aromatic heterocycles. The first-order valence-corrected chi connectivity index (χ1v) is 5.06. The Morgan fingerprint density at radius 3 is 2.81 bits per heavy atom. The fourth-order valence-corrected chi connectivity index (χ4v) is 1.76. The lowest BCUT2D eigenvalue weighted by Crippen LogP contribution is -1.99. The van der Waals surface area contributed by atoms with E-state index >= 15 is 0 Å². The van der Waals surface area contributed by atoms with Crippen molar-refractivity contribution in [2.75, 3.05) is 13.9 Å². The highest BCUT2D eigenvalue weighted by Crippen LogP contribution is 2.34. The Labute approximate surface area is 94.2 Å². The van der Waals surface area contributed by atoms with Crippen LogP contribution in [0.1, 0.15) is 5.56 Å². The highest BCUT2D eigenvalue weighted by molar-refractivity contribution is 5.94. The molecule has 0 aliphatic rings. The van der Waals surface area contributed by atoms with Crippen LogP contribution in [0.2, 0.25) is 0 Å². The van der Waals surface area contributed by atoms with E-state index in [1.807, 2.05) is 31.2 Å². The Balaban J connectivity index is 2.57. The molecule has 0 bridgehead atoms. The average molecular weight is 218 g/mol. The summed E-state index contributed by atoms with van der Waals surface area (Å²) in [5.41, 5.74) is 1.02. The molecule has 0 radical (unpaired) electrons. The Morgan fingerprint density at radius 1 is 1.25 bits per heavy atom. The molecule has 0 fully saturated rings. The second-order valence-corrected chi connectivity index (χ2v) is 3.69. The van der Waals surface area contributed by atoms with Crippen molar-refractivity contribution in [2.24, 2.45) is 0 Å². The molecule has 0 unspecified atom stereocenters. The first-order chi connectivity index (χ1) is 7.72. The van der Waals surface area contributed by atoms with Crippen molar-refractivity contribution >= 4 is 10.8 Å². The van der Waals surface area contributed by atoms with Crippen molar-refractivity contribution < 1.29 is 14.6 Å². The predicted octanol–water partition coefficient (Wildman–Crippen LogP) is 2.84. The van der Waals surface area contributed by atoms with Crippen LogP contribution in [-0.4, -0.2) is 19.0 Å². The van der Waals surface area contributed by atoms with Crippen molar-refractivity contribution in [3.63, 3.8) is 0 Å². The third-order valence-electron chi connectivity index (χ3n) is 2.39. The number of rotatable bonds is 3. The molecule has 2 aromatic rings. The zero-order valence-corrected chi connectivity index (χ0v) is 9.36. The lowest BCUT2D eigenvalue weighted by atomic mass is 10.1. The first kappa shape index (κ1) is 10.8. The number of aromatic hydroxyl groups is 1. The lowest BCUT2D eigenvalue weighted by molar-refractivity contribution is 0.0521. The van der Waals surface area contributed by atoms with Gasteiger partial charge in [-0.15, -0.1) is 0 Å². The van der Waals surface area contributed by atoms with Gasteiger partial charge in [-0.2, -0.15) is 0 Å². The fourth-order valence-electron chi connectivity index (χ4n) is 1.76. The SMILES string of the molecule is COCOc1cccc2cc(C)cc(O)c12. The van der Waals surface area contributed by atoms with E-state index in [-0.39, 0.29) is 12.5 Å². The maximum Gasteiger partial charge on any atom is 0.188 e. The van der Waals surface area contributed by atoms with Gasteiger partial charge in [0.15, 0.2) is 6.79 Å². The van der Waals surface area contributed by atoms with Gasteiger partial charge in [0.25, 0.3) is 0 Å². The van der Waals surface area contributed by atoms with Gasteiger partial charge in [0, 0.05) is 7.11 Å². The summed E-state index contributed by atoms with van der Waals surface area (Å²) in [5, 5.41) is 11.6. The molecule has 3 heteroatoms. The van der Waals surface area contributed by atoms with Crippen LogP contribution < -0.4 is 4.74 Å². The number of hydrogen-bond acceptors (Lipinski definition) is 3. The maximum absolute atomic E-state index is 9.91. The second-order valence-electron chi connectivity index (χ2n) is 3.69. The summed E-state index contributed by atoms with van der Waals surface area (Å²) in [6.07, 6.45) is 0. The Bertz CT molecular complexity index is 506. The molecule has 0 saturated carbocycles. The third kappa shape index (κ3) is 1.95. The van der Waals surface area contributed by atoms with Crippen molar-refractivity contribution in [2.45, 2.75) is 6.92 Å². The molecule has 0 aliphatic heterocycles. The molecular weight excluding hydrogens is 204 g/mol. The Kier molecular flexibility index (Phi) is 2.97.